The molecule has 1 atom stereocenters. The lowest BCUT2D eigenvalue weighted by Gasteiger charge is -2.08. The van der Waals surface area contributed by atoms with Crippen LogP contribution in [-0.2, 0) is 16.1 Å². The van der Waals surface area contributed by atoms with Crippen LogP contribution >= 0.6 is 0 Å². The predicted molar refractivity (Wildman–Crippen MR) is 47.2 cm³/mol. The van der Waals surface area contributed by atoms with Crippen molar-refractivity contribution in [3.63, 3.8) is 0 Å². The van der Waals surface area contributed by atoms with Gasteiger partial charge in [-0.05, 0) is 12.8 Å². The van der Waals surface area contributed by atoms with E-state index in [0.717, 1.165) is 12.8 Å². The molecule has 1 unspecified atom stereocenters. The second-order valence-electron chi connectivity index (χ2n) is 3.15. The van der Waals surface area contributed by atoms with E-state index in [1.54, 1.807) is 0 Å². The van der Waals surface area contributed by atoms with Gasteiger partial charge in [-0.3, -0.25) is 9.89 Å². The Morgan fingerprint density at radius 2 is 2.71 bits per heavy atom. The molecule has 0 radical (unpaired) electrons. The minimum atomic E-state index is -0.280. The van der Waals surface area contributed by atoms with E-state index < -0.39 is 0 Å². The summed E-state index contributed by atoms with van der Waals surface area (Å²) in [6, 6.07) is 0. The molecule has 1 aromatic heterocycles. The lowest BCUT2D eigenvalue weighted by atomic mass is 10.2. The second-order valence-corrected chi connectivity index (χ2v) is 3.15. The number of aromatic nitrogens is 3. The molecule has 1 fully saturated rings. The van der Waals surface area contributed by atoms with Crippen LogP contribution in [0.4, 0.5) is 0 Å². The summed E-state index contributed by atoms with van der Waals surface area (Å²) in [5.74, 6) is 0.579. The van der Waals surface area contributed by atoms with E-state index in [4.69, 9.17) is 4.74 Å². The third-order valence-electron chi connectivity index (χ3n) is 2.12. The van der Waals surface area contributed by atoms with Gasteiger partial charge in [-0.25, -0.2) is 4.98 Å². The highest BCUT2D eigenvalue weighted by Crippen LogP contribution is 2.11. The number of H-pyrrole nitrogens is 1. The van der Waals surface area contributed by atoms with Crippen LogP contribution in [0.25, 0.3) is 0 Å². The van der Waals surface area contributed by atoms with Crippen molar-refractivity contribution < 1.29 is 9.53 Å². The number of hydrogen-bond acceptors (Lipinski definition) is 4. The second kappa shape index (κ2) is 4.19. The number of amides is 1. The fraction of sp³-hybridized carbons (Fsp3) is 0.625. The molecule has 0 aromatic carbocycles. The van der Waals surface area contributed by atoms with Crippen molar-refractivity contribution in [2.24, 2.45) is 0 Å². The number of hydrogen-bond donors (Lipinski definition) is 2. The number of nitrogens with zero attached hydrogens (tertiary/aromatic N) is 2. The summed E-state index contributed by atoms with van der Waals surface area (Å²) < 4.78 is 5.23. The number of nitrogens with one attached hydrogen (secondary N) is 2. The van der Waals surface area contributed by atoms with Crippen molar-refractivity contribution in [3.8, 4) is 0 Å². The summed E-state index contributed by atoms with van der Waals surface area (Å²) in [7, 11) is 0. The normalized spacial score (nSPS) is 21.0. The minimum Gasteiger partial charge on any atom is -0.368 e. The molecule has 2 rings (SSSR count). The molecule has 2 heterocycles. The van der Waals surface area contributed by atoms with E-state index in [-0.39, 0.29) is 12.0 Å². The molecule has 1 aliphatic heterocycles. The van der Waals surface area contributed by atoms with Crippen LogP contribution in [0.5, 0.6) is 0 Å². The summed E-state index contributed by atoms with van der Waals surface area (Å²) in [5, 5.41) is 9.07. The molecular formula is C8H12N4O2. The van der Waals surface area contributed by atoms with Gasteiger partial charge in [0.2, 0.25) is 5.91 Å². The van der Waals surface area contributed by atoms with Crippen molar-refractivity contribution >= 4 is 5.91 Å². The zero-order chi connectivity index (χ0) is 9.80. The Balaban J connectivity index is 1.77. The van der Waals surface area contributed by atoms with Gasteiger partial charge in [0.1, 0.15) is 18.3 Å². The first-order chi connectivity index (χ1) is 6.86. The summed E-state index contributed by atoms with van der Waals surface area (Å²) in [5.41, 5.74) is 0. The first-order valence-electron chi connectivity index (χ1n) is 4.60. The minimum absolute atomic E-state index is 0.0705. The molecule has 0 bridgehead atoms. The molecule has 0 saturated carbocycles. The summed E-state index contributed by atoms with van der Waals surface area (Å²) in [6.45, 7) is 1.05. The average Bonchev–Trinajstić information content (AvgIpc) is 2.87. The molecule has 0 spiro atoms. The Morgan fingerprint density at radius 3 is 3.36 bits per heavy atom. The molecule has 6 nitrogen and oxygen atoms in total. The molecule has 1 amide bonds. The van der Waals surface area contributed by atoms with E-state index in [0.29, 0.717) is 19.0 Å². The maximum absolute atomic E-state index is 11.4. The predicted octanol–water partition coefficient (Wildman–Crippen LogP) is -0.400. The smallest absolute Gasteiger partial charge is 0.249 e. The van der Waals surface area contributed by atoms with Crippen LogP contribution in [-0.4, -0.2) is 33.8 Å². The van der Waals surface area contributed by atoms with Crippen molar-refractivity contribution in [2.45, 2.75) is 25.5 Å². The van der Waals surface area contributed by atoms with Crippen LogP contribution in [0, 0.1) is 0 Å². The van der Waals surface area contributed by atoms with Crippen LogP contribution in [0.1, 0.15) is 18.7 Å². The van der Waals surface area contributed by atoms with Crippen LogP contribution in [0.3, 0.4) is 0 Å². The Bertz CT molecular complexity index is 292. The van der Waals surface area contributed by atoms with Crippen molar-refractivity contribution in [2.75, 3.05) is 6.61 Å². The van der Waals surface area contributed by atoms with Crippen LogP contribution < -0.4 is 5.32 Å². The zero-order valence-corrected chi connectivity index (χ0v) is 7.69. The van der Waals surface area contributed by atoms with Crippen LogP contribution in [0.15, 0.2) is 6.33 Å². The third kappa shape index (κ3) is 2.08. The monoisotopic (exact) mass is 196 g/mol. The van der Waals surface area contributed by atoms with Gasteiger partial charge in [0, 0.05) is 6.61 Å². The van der Waals surface area contributed by atoms with E-state index in [2.05, 4.69) is 20.5 Å². The number of rotatable bonds is 3. The Kier molecular flexibility index (Phi) is 2.73. The number of carbonyl (C=O) groups excluding carboxylic acids is 1. The van der Waals surface area contributed by atoms with Crippen molar-refractivity contribution in [3.05, 3.63) is 12.2 Å². The first kappa shape index (κ1) is 9.14. The Morgan fingerprint density at radius 1 is 1.79 bits per heavy atom. The number of ether oxygens (including phenoxy) is 1. The lowest BCUT2D eigenvalue weighted by Crippen LogP contribution is -2.33. The fourth-order valence-corrected chi connectivity index (χ4v) is 1.39. The maximum atomic E-state index is 11.4. The highest BCUT2D eigenvalue weighted by molar-refractivity contribution is 5.80. The van der Waals surface area contributed by atoms with Gasteiger partial charge in [0.25, 0.3) is 0 Å². The van der Waals surface area contributed by atoms with Gasteiger partial charge in [0.15, 0.2) is 0 Å². The summed E-state index contributed by atoms with van der Waals surface area (Å²) in [4.78, 5) is 15.3. The molecule has 1 saturated heterocycles. The van der Waals surface area contributed by atoms with Gasteiger partial charge >= 0.3 is 0 Å². The SMILES string of the molecule is O=C(NCc1ncn[nH]1)C1CCCO1. The van der Waals surface area contributed by atoms with Crippen molar-refractivity contribution in [1.82, 2.24) is 20.5 Å². The van der Waals surface area contributed by atoms with Gasteiger partial charge < -0.3 is 10.1 Å². The van der Waals surface area contributed by atoms with E-state index in [9.17, 15) is 4.79 Å². The molecule has 14 heavy (non-hydrogen) atoms. The maximum Gasteiger partial charge on any atom is 0.249 e. The van der Waals surface area contributed by atoms with Crippen molar-refractivity contribution in [1.29, 1.82) is 0 Å². The molecular weight excluding hydrogens is 184 g/mol. The van der Waals surface area contributed by atoms with Gasteiger partial charge in [-0.1, -0.05) is 0 Å². The summed E-state index contributed by atoms with van der Waals surface area (Å²) >= 11 is 0. The van der Waals surface area contributed by atoms with Crippen LogP contribution in [0.2, 0.25) is 0 Å². The molecule has 6 heteroatoms. The fourth-order valence-electron chi connectivity index (χ4n) is 1.39. The Hall–Kier alpha value is -1.43. The molecule has 2 N–H and O–H groups in total. The number of aromatic amines is 1. The average molecular weight is 196 g/mol. The molecule has 1 aromatic rings. The standard InChI is InChI=1S/C8H12N4O2/c13-8(6-2-1-3-14-6)9-4-7-10-5-11-12-7/h5-6H,1-4H2,(H,9,13)(H,10,11,12). The quantitative estimate of drug-likeness (QED) is 0.689. The molecule has 0 aliphatic carbocycles. The zero-order valence-electron chi connectivity index (χ0n) is 7.69. The third-order valence-corrected chi connectivity index (χ3v) is 2.12. The lowest BCUT2D eigenvalue weighted by molar-refractivity contribution is -0.130. The number of carbonyl (C=O) groups is 1. The molecule has 76 valence electrons. The van der Waals surface area contributed by atoms with Gasteiger partial charge in [0.05, 0.1) is 6.54 Å². The van der Waals surface area contributed by atoms with E-state index in [1.807, 2.05) is 0 Å². The largest absolute Gasteiger partial charge is 0.368 e. The van der Waals surface area contributed by atoms with E-state index >= 15 is 0 Å². The van der Waals surface area contributed by atoms with E-state index in [1.165, 1.54) is 6.33 Å². The topological polar surface area (TPSA) is 79.9 Å². The first-order valence-corrected chi connectivity index (χ1v) is 4.60. The molecule has 1 aliphatic rings. The highest BCUT2D eigenvalue weighted by Gasteiger charge is 2.23. The van der Waals surface area contributed by atoms with Gasteiger partial charge in [-0.15, -0.1) is 0 Å². The summed E-state index contributed by atoms with van der Waals surface area (Å²) in [6.07, 6.45) is 2.90. The Labute approximate surface area is 81.1 Å². The highest BCUT2D eigenvalue weighted by atomic mass is 16.5. The van der Waals surface area contributed by atoms with Gasteiger partial charge in [-0.2, -0.15) is 5.10 Å².